The lowest BCUT2D eigenvalue weighted by molar-refractivity contribution is -0.749. The zero-order valence-corrected chi connectivity index (χ0v) is 21.0. The zero-order chi connectivity index (χ0) is 27.0. The van der Waals surface area contributed by atoms with Crippen LogP contribution in [0.2, 0.25) is 0 Å². The predicted octanol–water partition coefficient (Wildman–Crippen LogP) is 3.44. The molecule has 9 nitrogen and oxygen atoms in total. The highest BCUT2D eigenvalue weighted by Gasteiger charge is 2.57. The van der Waals surface area contributed by atoms with E-state index in [2.05, 4.69) is 10.2 Å². The average Bonchev–Trinajstić information content (AvgIpc) is 3.59. The largest absolute Gasteiger partial charge is 0.416 e. The number of piperazine rings is 1. The Hall–Kier alpha value is -4.22. The Kier molecular flexibility index (Phi) is 5.17. The van der Waals surface area contributed by atoms with E-state index in [0.29, 0.717) is 41.4 Å². The molecule has 196 valence electrons. The molecular weight excluding hydrogens is 499 g/mol. The van der Waals surface area contributed by atoms with E-state index in [0.717, 1.165) is 17.7 Å². The van der Waals surface area contributed by atoms with Gasteiger partial charge < -0.3 is 4.90 Å². The van der Waals surface area contributed by atoms with Crippen LogP contribution >= 0.6 is 0 Å². The fourth-order valence-corrected chi connectivity index (χ4v) is 5.54. The van der Waals surface area contributed by atoms with Crippen LogP contribution in [-0.2, 0) is 11.8 Å². The van der Waals surface area contributed by atoms with Crippen molar-refractivity contribution in [2.24, 2.45) is 0 Å². The van der Waals surface area contributed by atoms with Gasteiger partial charge in [-0.05, 0) is 30.2 Å². The highest BCUT2D eigenvalue weighted by Crippen LogP contribution is 2.35. The molecule has 38 heavy (non-hydrogen) atoms. The van der Waals surface area contributed by atoms with Gasteiger partial charge in [-0.3, -0.25) is 19.6 Å². The lowest BCUT2D eigenvalue weighted by Crippen LogP contribution is -2.69. The summed E-state index contributed by atoms with van der Waals surface area (Å²) in [5.41, 5.74) is 1.87. The van der Waals surface area contributed by atoms with Gasteiger partial charge in [0.1, 0.15) is 11.4 Å². The third-order valence-corrected chi connectivity index (χ3v) is 7.44. The Balaban J connectivity index is 1.46. The number of aromatic nitrogens is 5. The number of benzene rings is 1. The first-order valence-corrected chi connectivity index (χ1v) is 12.3. The summed E-state index contributed by atoms with van der Waals surface area (Å²) in [6, 6.07) is 8.36. The van der Waals surface area contributed by atoms with Crippen molar-refractivity contribution in [1.29, 1.82) is 0 Å². The van der Waals surface area contributed by atoms with Gasteiger partial charge in [-0.15, -0.1) is 0 Å². The maximum Gasteiger partial charge on any atom is 0.416 e. The zero-order valence-electron chi connectivity index (χ0n) is 21.0. The second kappa shape index (κ2) is 8.14. The molecule has 3 aromatic heterocycles. The van der Waals surface area contributed by atoms with E-state index in [1.54, 1.807) is 26.6 Å². The van der Waals surface area contributed by atoms with Crippen LogP contribution in [0, 0.1) is 0 Å². The lowest BCUT2D eigenvalue weighted by Gasteiger charge is -2.42. The van der Waals surface area contributed by atoms with Crippen LogP contribution in [0.15, 0.2) is 48.8 Å². The van der Waals surface area contributed by atoms with Gasteiger partial charge in [0, 0.05) is 37.3 Å². The average molecular weight is 525 g/mol. The van der Waals surface area contributed by atoms with Gasteiger partial charge in [-0.1, -0.05) is 35.6 Å². The highest BCUT2D eigenvalue weighted by atomic mass is 19.4. The summed E-state index contributed by atoms with van der Waals surface area (Å²) >= 11 is 0. The Morgan fingerprint density at radius 2 is 1.89 bits per heavy atom. The molecule has 1 unspecified atom stereocenters. The molecule has 6 rings (SSSR count). The van der Waals surface area contributed by atoms with Gasteiger partial charge in [-0.25, -0.2) is 0 Å². The van der Waals surface area contributed by atoms with Crippen LogP contribution in [0.25, 0.3) is 16.9 Å². The lowest BCUT2D eigenvalue weighted by atomic mass is 10.0. The number of fused-ring (bicyclic) bond motifs is 5. The summed E-state index contributed by atoms with van der Waals surface area (Å²) in [6.07, 6.45) is -1.24. The summed E-state index contributed by atoms with van der Waals surface area (Å²) in [7, 11) is 0. The SMILES string of the molecule is CC(C)c1cc(-c2ccc(C(F)(F)F)cc2)nn2cc3[n+](c12)C1(C)CN(C(=O)c2ccn[nH]2)CCN1C3=O. The summed E-state index contributed by atoms with van der Waals surface area (Å²) in [5.74, 6) is -0.336. The molecule has 1 N–H and O–H groups in total. The summed E-state index contributed by atoms with van der Waals surface area (Å²) in [4.78, 5) is 30.1. The molecule has 0 bridgehead atoms. The standard InChI is InChI=1S/C26H24F3N7O2/c1-15(2)18-12-20(16-4-6-17(7-5-16)26(27,28)29)32-35-13-21-24(38)34-11-10-33(23(37)19-8-9-30-31-19)14-25(34,3)36(21)22(18)35/h4-9,12-13,15H,10-11,14H2,1-3H3/p+1. The Labute approximate surface area is 215 Å². The van der Waals surface area contributed by atoms with E-state index >= 15 is 0 Å². The fourth-order valence-electron chi connectivity index (χ4n) is 5.54. The van der Waals surface area contributed by atoms with Crippen LogP contribution in [0.1, 0.15) is 58.8 Å². The number of hydrogen-bond acceptors (Lipinski definition) is 4. The quantitative estimate of drug-likeness (QED) is 0.416. The molecule has 2 amide bonds. The van der Waals surface area contributed by atoms with Crippen molar-refractivity contribution in [2.75, 3.05) is 19.6 Å². The summed E-state index contributed by atoms with van der Waals surface area (Å²) < 4.78 is 42.8. The van der Waals surface area contributed by atoms with Crippen LogP contribution in [-0.4, -0.2) is 61.1 Å². The first-order valence-electron chi connectivity index (χ1n) is 12.3. The molecule has 12 heteroatoms. The Morgan fingerprint density at radius 3 is 2.53 bits per heavy atom. The van der Waals surface area contributed by atoms with Crippen molar-refractivity contribution in [3.05, 3.63) is 71.3 Å². The van der Waals surface area contributed by atoms with Crippen molar-refractivity contribution >= 4 is 17.5 Å². The van der Waals surface area contributed by atoms with Gasteiger partial charge in [0.25, 0.3) is 5.91 Å². The molecule has 1 atom stereocenters. The van der Waals surface area contributed by atoms with Crippen LogP contribution in [0.5, 0.6) is 0 Å². The number of alkyl halides is 3. The van der Waals surface area contributed by atoms with E-state index in [1.165, 1.54) is 18.3 Å². The second-order valence-corrected chi connectivity index (χ2v) is 10.2. The van der Waals surface area contributed by atoms with Crippen molar-refractivity contribution in [3.8, 4) is 11.3 Å². The molecule has 0 aliphatic carbocycles. The molecule has 5 heterocycles. The van der Waals surface area contributed by atoms with Crippen molar-refractivity contribution in [1.82, 2.24) is 29.6 Å². The van der Waals surface area contributed by atoms with Gasteiger partial charge in [0.15, 0.2) is 6.20 Å². The van der Waals surface area contributed by atoms with Crippen molar-refractivity contribution in [2.45, 2.75) is 38.5 Å². The second-order valence-electron chi connectivity index (χ2n) is 10.2. The van der Waals surface area contributed by atoms with Crippen LogP contribution in [0.4, 0.5) is 13.2 Å². The van der Waals surface area contributed by atoms with Crippen LogP contribution < -0.4 is 4.57 Å². The van der Waals surface area contributed by atoms with E-state index < -0.39 is 17.4 Å². The number of H-pyrrole nitrogens is 1. The minimum Gasteiger partial charge on any atom is -0.329 e. The number of nitrogens with one attached hydrogen (secondary N) is 1. The molecule has 2 aliphatic rings. The Morgan fingerprint density at radius 1 is 1.16 bits per heavy atom. The number of imidazole rings is 1. The minimum absolute atomic E-state index is 0.0132. The monoisotopic (exact) mass is 524 g/mol. The topological polar surface area (TPSA) is 90.5 Å². The number of nitrogens with zero attached hydrogens (tertiary/aromatic N) is 6. The van der Waals surface area contributed by atoms with Gasteiger partial charge in [0.05, 0.1) is 12.1 Å². The summed E-state index contributed by atoms with van der Waals surface area (Å²) in [6.45, 7) is 6.99. The number of halogens is 3. The molecule has 0 spiro atoms. The fraction of sp³-hybridized carbons (Fsp3) is 0.346. The third kappa shape index (κ3) is 3.50. The predicted molar refractivity (Wildman–Crippen MR) is 129 cm³/mol. The number of aromatic amines is 1. The van der Waals surface area contributed by atoms with Gasteiger partial charge in [-0.2, -0.15) is 22.8 Å². The number of hydrogen-bond donors (Lipinski definition) is 1. The first kappa shape index (κ1) is 24.1. The third-order valence-electron chi connectivity index (χ3n) is 7.44. The van der Waals surface area contributed by atoms with Gasteiger partial charge >= 0.3 is 17.7 Å². The van der Waals surface area contributed by atoms with E-state index in [-0.39, 0.29) is 24.3 Å². The molecule has 1 saturated heterocycles. The smallest absolute Gasteiger partial charge is 0.329 e. The number of carbonyl (C=O) groups is 2. The van der Waals surface area contributed by atoms with E-state index in [4.69, 9.17) is 5.10 Å². The number of amides is 2. The number of carbonyl (C=O) groups excluding carboxylic acids is 2. The minimum atomic E-state index is -4.43. The molecule has 2 aliphatic heterocycles. The molecule has 0 radical (unpaired) electrons. The highest BCUT2D eigenvalue weighted by molar-refractivity contribution is 5.95. The van der Waals surface area contributed by atoms with Crippen LogP contribution in [0.3, 0.4) is 0 Å². The first-order chi connectivity index (χ1) is 18.0. The van der Waals surface area contributed by atoms with Crippen molar-refractivity contribution < 1.29 is 27.3 Å². The maximum absolute atomic E-state index is 13.5. The summed E-state index contributed by atoms with van der Waals surface area (Å²) in [5, 5.41) is 11.3. The molecule has 1 fully saturated rings. The van der Waals surface area contributed by atoms with E-state index in [9.17, 15) is 22.8 Å². The van der Waals surface area contributed by atoms with Crippen molar-refractivity contribution in [3.63, 3.8) is 0 Å². The van der Waals surface area contributed by atoms with Gasteiger partial charge in [0.2, 0.25) is 11.4 Å². The maximum atomic E-state index is 13.5. The number of rotatable bonds is 3. The Bertz CT molecular complexity index is 1580. The van der Waals surface area contributed by atoms with E-state index in [1.807, 2.05) is 31.4 Å². The normalized spacial score (nSPS) is 19.4. The molecular formula is C26H25F3N7O2+. The molecule has 0 saturated carbocycles. The molecule has 4 aromatic rings. The molecule has 1 aromatic carbocycles.